The quantitative estimate of drug-likeness (QED) is 0.624. The van der Waals surface area contributed by atoms with Crippen LogP contribution < -0.4 is 5.32 Å². The minimum Gasteiger partial charge on any atom is -0.355 e. The third-order valence-electron chi connectivity index (χ3n) is 4.29. The molecule has 1 heterocycles. The number of hydrogen-bond donors (Lipinski definition) is 1. The van der Waals surface area contributed by atoms with E-state index in [0.717, 1.165) is 11.1 Å². The topological polar surface area (TPSA) is 102 Å². The summed E-state index contributed by atoms with van der Waals surface area (Å²) in [4.78, 5) is 16.4. The molecule has 3 rings (SSSR count). The predicted molar refractivity (Wildman–Crippen MR) is 105 cm³/mol. The number of amides is 1. The number of rotatable bonds is 8. The summed E-state index contributed by atoms with van der Waals surface area (Å²) in [6, 6.07) is 18.7. The van der Waals surface area contributed by atoms with Gasteiger partial charge < -0.3 is 9.84 Å². The van der Waals surface area contributed by atoms with E-state index in [-0.39, 0.29) is 5.89 Å². The fourth-order valence-electron chi connectivity index (χ4n) is 2.60. The van der Waals surface area contributed by atoms with E-state index in [2.05, 4.69) is 15.5 Å². The van der Waals surface area contributed by atoms with Crippen molar-refractivity contribution in [2.75, 3.05) is 6.54 Å². The van der Waals surface area contributed by atoms with Crippen molar-refractivity contribution < 1.29 is 17.7 Å². The Kier molecular flexibility index (Phi) is 6.20. The summed E-state index contributed by atoms with van der Waals surface area (Å²) < 4.78 is 30.1. The Balaban J connectivity index is 1.57. The number of aromatic nitrogens is 2. The third kappa shape index (κ3) is 5.04. The average molecular weight is 399 g/mol. The second-order valence-corrected chi connectivity index (χ2v) is 8.68. The van der Waals surface area contributed by atoms with Gasteiger partial charge in [-0.3, -0.25) is 4.79 Å². The molecule has 28 heavy (non-hydrogen) atoms. The lowest BCUT2D eigenvalue weighted by atomic mass is 10.1. The zero-order valence-corrected chi connectivity index (χ0v) is 16.2. The molecule has 0 aliphatic carbocycles. The van der Waals surface area contributed by atoms with Crippen LogP contribution in [0.2, 0.25) is 0 Å². The monoisotopic (exact) mass is 399 g/mol. The van der Waals surface area contributed by atoms with Crippen molar-refractivity contribution in [2.24, 2.45) is 0 Å². The van der Waals surface area contributed by atoms with Gasteiger partial charge in [-0.1, -0.05) is 65.8 Å². The average Bonchev–Trinajstić information content (AvgIpc) is 3.16. The zero-order chi connectivity index (χ0) is 20.0. The fraction of sp³-hybridized carbons (Fsp3) is 0.250. The Labute approximate surface area is 163 Å². The highest BCUT2D eigenvalue weighted by atomic mass is 32.2. The van der Waals surface area contributed by atoms with Crippen molar-refractivity contribution >= 4 is 15.7 Å². The highest BCUT2D eigenvalue weighted by Crippen LogP contribution is 2.17. The van der Waals surface area contributed by atoms with E-state index in [1.54, 1.807) is 12.1 Å². The van der Waals surface area contributed by atoms with Crippen LogP contribution in [0.3, 0.4) is 0 Å². The first-order chi connectivity index (χ1) is 13.5. The van der Waals surface area contributed by atoms with Crippen LogP contribution in [0.25, 0.3) is 11.4 Å². The van der Waals surface area contributed by atoms with E-state index >= 15 is 0 Å². The smallest absolute Gasteiger partial charge is 0.242 e. The summed E-state index contributed by atoms with van der Waals surface area (Å²) >= 11 is 0. The molecule has 0 radical (unpaired) electrons. The molecule has 0 spiro atoms. The maximum atomic E-state index is 12.5. The lowest BCUT2D eigenvalue weighted by Gasteiger charge is -2.12. The third-order valence-corrected chi connectivity index (χ3v) is 6.23. The van der Waals surface area contributed by atoms with Crippen molar-refractivity contribution in [2.45, 2.75) is 24.3 Å². The van der Waals surface area contributed by atoms with E-state index in [1.165, 1.54) is 6.92 Å². The fourth-order valence-corrected chi connectivity index (χ4v) is 3.72. The molecule has 1 atom stereocenters. The van der Waals surface area contributed by atoms with Gasteiger partial charge in [-0.15, -0.1) is 0 Å². The lowest BCUT2D eigenvalue weighted by Crippen LogP contribution is -2.39. The molecule has 0 bridgehead atoms. The summed E-state index contributed by atoms with van der Waals surface area (Å²) in [6.45, 7) is 1.73. The van der Waals surface area contributed by atoms with Crippen molar-refractivity contribution in [3.8, 4) is 11.4 Å². The van der Waals surface area contributed by atoms with E-state index in [0.29, 0.717) is 18.8 Å². The predicted octanol–water partition coefficient (Wildman–Crippen LogP) is 2.40. The van der Waals surface area contributed by atoms with Crippen molar-refractivity contribution in [1.82, 2.24) is 15.5 Å². The summed E-state index contributed by atoms with van der Waals surface area (Å²) in [7, 11) is -3.78. The molecule has 1 amide bonds. The Morgan fingerprint density at radius 3 is 2.39 bits per heavy atom. The van der Waals surface area contributed by atoms with E-state index < -0.39 is 26.7 Å². The Morgan fingerprint density at radius 2 is 1.71 bits per heavy atom. The van der Waals surface area contributed by atoms with Crippen LogP contribution >= 0.6 is 0 Å². The van der Waals surface area contributed by atoms with Crippen molar-refractivity contribution in [3.63, 3.8) is 0 Å². The van der Waals surface area contributed by atoms with Crippen LogP contribution in [-0.4, -0.2) is 36.3 Å². The number of carbonyl (C=O) groups is 1. The number of nitrogens with zero attached hydrogens (tertiary/aromatic N) is 2. The number of sulfone groups is 1. The highest BCUT2D eigenvalue weighted by Gasteiger charge is 2.30. The Hall–Kier alpha value is -3.00. The Bertz CT molecular complexity index is 1020. The van der Waals surface area contributed by atoms with Crippen LogP contribution in [0.5, 0.6) is 0 Å². The second kappa shape index (κ2) is 8.79. The summed E-state index contributed by atoms with van der Waals surface area (Å²) in [5.41, 5.74) is 1.79. The van der Waals surface area contributed by atoms with Gasteiger partial charge in [0.15, 0.2) is 9.84 Å². The van der Waals surface area contributed by atoms with E-state index in [4.69, 9.17) is 4.52 Å². The number of nitrogens with one attached hydrogen (secondary N) is 1. The number of benzene rings is 2. The first-order valence-electron chi connectivity index (χ1n) is 8.87. The van der Waals surface area contributed by atoms with Gasteiger partial charge in [-0.25, -0.2) is 8.42 Å². The molecule has 1 unspecified atom stereocenters. The molecular weight excluding hydrogens is 378 g/mol. The van der Waals surface area contributed by atoms with Crippen LogP contribution in [0.4, 0.5) is 0 Å². The minimum atomic E-state index is -3.78. The molecule has 1 aromatic heterocycles. The van der Waals surface area contributed by atoms with Gasteiger partial charge in [0.1, 0.15) is 11.0 Å². The molecule has 0 saturated heterocycles. The second-order valence-electron chi connectivity index (χ2n) is 6.35. The standard InChI is InChI=1S/C20H21N3O4S/c1-15(20(24)21-13-12-16-8-4-2-5-9-16)28(25,26)14-18-22-19(23-27-18)17-10-6-3-7-11-17/h2-11,15H,12-14H2,1H3,(H,21,24). The summed E-state index contributed by atoms with van der Waals surface area (Å²) in [5.74, 6) is -0.757. The molecular formula is C20H21N3O4S. The maximum Gasteiger partial charge on any atom is 0.242 e. The Morgan fingerprint density at radius 1 is 1.07 bits per heavy atom. The molecule has 0 aliphatic rings. The van der Waals surface area contributed by atoms with Gasteiger partial charge in [0.05, 0.1) is 0 Å². The summed E-state index contributed by atoms with van der Waals surface area (Å²) in [6.07, 6.45) is 0.628. The van der Waals surface area contributed by atoms with Gasteiger partial charge >= 0.3 is 0 Å². The number of carbonyl (C=O) groups excluding carboxylic acids is 1. The molecule has 2 aromatic carbocycles. The molecule has 8 heteroatoms. The first kappa shape index (κ1) is 19.8. The van der Waals surface area contributed by atoms with Crippen LogP contribution in [0.15, 0.2) is 65.2 Å². The maximum absolute atomic E-state index is 12.5. The van der Waals surface area contributed by atoms with E-state index in [1.807, 2.05) is 48.5 Å². The van der Waals surface area contributed by atoms with E-state index in [9.17, 15) is 13.2 Å². The molecule has 1 N–H and O–H groups in total. The molecule has 7 nitrogen and oxygen atoms in total. The highest BCUT2D eigenvalue weighted by molar-refractivity contribution is 7.92. The van der Waals surface area contributed by atoms with Crippen molar-refractivity contribution in [1.29, 1.82) is 0 Å². The van der Waals surface area contributed by atoms with Crippen LogP contribution in [0, 0.1) is 0 Å². The minimum absolute atomic E-state index is 0.0391. The van der Waals surface area contributed by atoms with Crippen molar-refractivity contribution in [3.05, 3.63) is 72.1 Å². The molecule has 3 aromatic rings. The molecule has 146 valence electrons. The van der Waals surface area contributed by atoms with Gasteiger partial charge in [-0.2, -0.15) is 4.98 Å². The van der Waals surface area contributed by atoms with Gasteiger partial charge in [0.2, 0.25) is 17.6 Å². The van der Waals surface area contributed by atoms with Gasteiger partial charge in [0.25, 0.3) is 0 Å². The largest absolute Gasteiger partial charge is 0.355 e. The molecule has 0 saturated carbocycles. The number of hydrogen-bond acceptors (Lipinski definition) is 6. The first-order valence-corrected chi connectivity index (χ1v) is 10.6. The lowest BCUT2D eigenvalue weighted by molar-refractivity contribution is -0.120. The van der Waals surface area contributed by atoms with Gasteiger partial charge in [0, 0.05) is 12.1 Å². The molecule has 0 fully saturated rings. The zero-order valence-electron chi connectivity index (χ0n) is 15.4. The normalized spacial score (nSPS) is 12.5. The summed E-state index contributed by atoms with van der Waals surface area (Å²) in [5, 5.41) is 5.26. The molecule has 0 aliphatic heterocycles. The van der Waals surface area contributed by atoms with Crippen LogP contribution in [-0.2, 0) is 26.8 Å². The van der Waals surface area contributed by atoms with Gasteiger partial charge in [-0.05, 0) is 18.9 Å². The SMILES string of the molecule is CC(C(=O)NCCc1ccccc1)S(=O)(=O)Cc1nc(-c2ccccc2)no1. The van der Waals surface area contributed by atoms with Crippen LogP contribution in [0.1, 0.15) is 18.4 Å².